The maximum atomic E-state index is 9.70. The Morgan fingerprint density at radius 2 is 1.85 bits per heavy atom. The van der Waals surface area contributed by atoms with Crippen molar-refractivity contribution in [3.63, 3.8) is 0 Å². The Morgan fingerprint density at radius 3 is 2.15 bits per heavy atom. The van der Waals surface area contributed by atoms with E-state index in [1.165, 1.54) is 21.3 Å². The van der Waals surface area contributed by atoms with E-state index >= 15 is 0 Å². The van der Waals surface area contributed by atoms with Crippen molar-refractivity contribution in [2.75, 3.05) is 27.9 Å². The van der Waals surface area contributed by atoms with Gasteiger partial charge in [0.1, 0.15) is 6.10 Å². The molecule has 5 nitrogen and oxygen atoms in total. The molecule has 0 saturated heterocycles. The first-order valence-corrected chi connectivity index (χ1v) is 4.20. The topological polar surface area (TPSA) is 73.9 Å². The Labute approximate surface area is 78.8 Å². The summed E-state index contributed by atoms with van der Waals surface area (Å²) < 4.78 is 14.7. The van der Waals surface area contributed by atoms with Crippen LogP contribution in [-0.4, -0.2) is 45.1 Å². The molecule has 80 valence electrons. The van der Waals surface area contributed by atoms with Crippen LogP contribution in [0.25, 0.3) is 0 Å². The van der Waals surface area contributed by atoms with E-state index in [-0.39, 0.29) is 0 Å². The van der Waals surface area contributed by atoms with Gasteiger partial charge in [-0.3, -0.25) is 0 Å². The zero-order valence-electron chi connectivity index (χ0n) is 8.45. The van der Waals surface area contributed by atoms with Crippen LogP contribution in [0.15, 0.2) is 0 Å². The Morgan fingerprint density at radius 1 is 1.31 bits per heavy atom. The zero-order valence-corrected chi connectivity index (χ0v) is 8.45. The molecule has 0 amide bonds. The second kappa shape index (κ2) is 6.28. The average molecular weight is 193 g/mol. The molecule has 0 saturated carbocycles. The van der Waals surface area contributed by atoms with E-state index in [1.54, 1.807) is 0 Å². The van der Waals surface area contributed by atoms with Gasteiger partial charge >= 0.3 is 5.97 Å². The molecule has 0 fully saturated rings. The molecule has 0 aliphatic heterocycles. The van der Waals surface area contributed by atoms with Gasteiger partial charge in [-0.15, -0.1) is 0 Å². The Kier molecular flexibility index (Phi) is 6.19. The minimum atomic E-state index is -1.68. The van der Waals surface area contributed by atoms with Crippen LogP contribution in [0.5, 0.6) is 0 Å². The Bertz CT molecular complexity index is 127. The fourth-order valence-electron chi connectivity index (χ4n) is 1.10. The summed E-state index contributed by atoms with van der Waals surface area (Å²) in [6, 6.07) is 0. The molecular formula is C8H19NO4. The molecule has 0 bridgehead atoms. The summed E-state index contributed by atoms with van der Waals surface area (Å²) in [5, 5.41) is 9.70. The minimum Gasteiger partial charge on any atom is -0.373 e. The van der Waals surface area contributed by atoms with Crippen molar-refractivity contribution in [2.45, 2.75) is 24.9 Å². The quantitative estimate of drug-likeness (QED) is 0.542. The number of hydrogen-bond donors (Lipinski definition) is 2. The van der Waals surface area contributed by atoms with Gasteiger partial charge in [-0.05, 0) is 19.4 Å². The highest BCUT2D eigenvalue weighted by Gasteiger charge is 2.37. The predicted molar refractivity (Wildman–Crippen MR) is 48.1 cm³/mol. The van der Waals surface area contributed by atoms with E-state index in [9.17, 15) is 5.11 Å². The van der Waals surface area contributed by atoms with Gasteiger partial charge in [0.25, 0.3) is 0 Å². The summed E-state index contributed by atoms with van der Waals surface area (Å²) >= 11 is 0. The van der Waals surface area contributed by atoms with Gasteiger partial charge in [-0.2, -0.15) is 0 Å². The van der Waals surface area contributed by atoms with Crippen molar-refractivity contribution in [1.29, 1.82) is 0 Å². The minimum absolute atomic E-state index is 0.522. The third-order valence-electron chi connectivity index (χ3n) is 1.95. The SMILES string of the molecule is COC(CCCN)C(O)(OC)OC. The third-order valence-corrected chi connectivity index (χ3v) is 1.95. The highest BCUT2D eigenvalue weighted by Crippen LogP contribution is 2.19. The molecular weight excluding hydrogens is 174 g/mol. The van der Waals surface area contributed by atoms with Crippen molar-refractivity contribution in [3.05, 3.63) is 0 Å². The first-order chi connectivity index (χ1) is 6.14. The summed E-state index contributed by atoms with van der Waals surface area (Å²) in [6.45, 7) is 0.545. The molecule has 0 spiro atoms. The lowest BCUT2D eigenvalue weighted by Gasteiger charge is -2.31. The number of nitrogens with two attached hydrogens (primary N) is 1. The monoisotopic (exact) mass is 193 g/mol. The highest BCUT2D eigenvalue weighted by atomic mass is 16.8. The van der Waals surface area contributed by atoms with Crippen LogP contribution >= 0.6 is 0 Å². The molecule has 0 radical (unpaired) electrons. The standard InChI is InChI=1S/C8H19NO4/c1-11-7(5-4-6-9)8(10,12-2)13-3/h7,10H,4-6,9H2,1-3H3. The summed E-state index contributed by atoms with van der Waals surface area (Å²) in [6.07, 6.45) is 0.810. The van der Waals surface area contributed by atoms with E-state index in [1.807, 2.05) is 0 Å². The van der Waals surface area contributed by atoms with Gasteiger partial charge in [0, 0.05) is 21.3 Å². The molecule has 1 unspecified atom stereocenters. The van der Waals surface area contributed by atoms with Crippen LogP contribution < -0.4 is 5.73 Å². The lowest BCUT2D eigenvalue weighted by Crippen LogP contribution is -2.47. The van der Waals surface area contributed by atoms with Gasteiger partial charge in [-0.1, -0.05) is 0 Å². The van der Waals surface area contributed by atoms with Crippen molar-refractivity contribution in [3.8, 4) is 0 Å². The summed E-state index contributed by atoms with van der Waals surface area (Å²) in [7, 11) is 4.21. The first-order valence-electron chi connectivity index (χ1n) is 4.20. The molecule has 3 N–H and O–H groups in total. The highest BCUT2D eigenvalue weighted by molar-refractivity contribution is 4.68. The number of aliphatic hydroxyl groups is 1. The number of rotatable bonds is 7. The summed E-state index contributed by atoms with van der Waals surface area (Å²) in [5.74, 6) is -1.68. The molecule has 1 atom stereocenters. The van der Waals surface area contributed by atoms with Gasteiger partial charge in [0.05, 0.1) is 0 Å². The van der Waals surface area contributed by atoms with Crippen LogP contribution in [0.2, 0.25) is 0 Å². The zero-order chi connectivity index (χ0) is 10.3. The van der Waals surface area contributed by atoms with Crippen molar-refractivity contribution >= 4 is 0 Å². The van der Waals surface area contributed by atoms with Gasteiger partial charge in [0.2, 0.25) is 0 Å². The number of hydrogen-bond acceptors (Lipinski definition) is 5. The molecule has 0 aliphatic carbocycles. The van der Waals surface area contributed by atoms with Crippen LogP contribution in [0.4, 0.5) is 0 Å². The van der Waals surface area contributed by atoms with E-state index in [2.05, 4.69) is 0 Å². The van der Waals surface area contributed by atoms with Crippen molar-refractivity contribution in [2.24, 2.45) is 5.73 Å². The van der Waals surface area contributed by atoms with E-state index in [0.717, 1.165) is 6.42 Å². The normalized spacial score (nSPS) is 14.5. The van der Waals surface area contributed by atoms with Crippen LogP contribution in [-0.2, 0) is 14.2 Å². The van der Waals surface area contributed by atoms with Gasteiger partial charge in [-0.25, -0.2) is 0 Å². The second-order valence-electron chi connectivity index (χ2n) is 2.69. The molecule has 0 rings (SSSR count). The molecule has 0 aromatic rings. The van der Waals surface area contributed by atoms with E-state index in [0.29, 0.717) is 13.0 Å². The summed E-state index contributed by atoms with van der Waals surface area (Å²) in [4.78, 5) is 0. The Balaban J connectivity index is 4.16. The maximum Gasteiger partial charge on any atom is 0.307 e. The molecule has 5 heteroatoms. The number of methoxy groups -OCH3 is 3. The maximum absolute atomic E-state index is 9.70. The second-order valence-corrected chi connectivity index (χ2v) is 2.69. The van der Waals surface area contributed by atoms with Gasteiger partial charge < -0.3 is 25.1 Å². The fraction of sp³-hybridized carbons (Fsp3) is 1.00. The van der Waals surface area contributed by atoms with E-state index < -0.39 is 12.1 Å². The van der Waals surface area contributed by atoms with Crippen molar-refractivity contribution < 1.29 is 19.3 Å². The summed E-state index contributed by atoms with van der Waals surface area (Å²) in [5.41, 5.74) is 5.34. The molecule has 0 aromatic carbocycles. The number of ether oxygens (including phenoxy) is 3. The molecule has 0 aromatic heterocycles. The van der Waals surface area contributed by atoms with Crippen LogP contribution in [0.3, 0.4) is 0 Å². The Hall–Kier alpha value is -0.200. The lowest BCUT2D eigenvalue weighted by molar-refractivity contribution is -0.381. The molecule has 13 heavy (non-hydrogen) atoms. The average Bonchev–Trinajstić information content (AvgIpc) is 2.18. The predicted octanol–water partition coefficient (Wildman–Crippen LogP) is -0.321. The smallest absolute Gasteiger partial charge is 0.307 e. The van der Waals surface area contributed by atoms with E-state index in [4.69, 9.17) is 19.9 Å². The largest absolute Gasteiger partial charge is 0.373 e. The van der Waals surface area contributed by atoms with Gasteiger partial charge in [0.15, 0.2) is 0 Å². The van der Waals surface area contributed by atoms with Crippen molar-refractivity contribution in [1.82, 2.24) is 0 Å². The molecule has 0 heterocycles. The first kappa shape index (κ1) is 12.8. The fourth-order valence-corrected chi connectivity index (χ4v) is 1.10. The molecule has 0 aliphatic rings. The van der Waals surface area contributed by atoms with Crippen LogP contribution in [0, 0.1) is 0 Å². The lowest BCUT2D eigenvalue weighted by atomic mass is 10.1. The third kappa shape index (κ3) is 3.58. The van der Waals surface area contributed by atoms with Crippen LogP contribution in [0.1, 0.15) is 12.8 Å².